The van der Waals surface area contributed by atoms with Gasteiger partial charge < -0.3 is 35.2 Å². The predicted molar refractivity (Wildman–Crippen MR) is 209 cm³/mol. The summed E-state index contributed by atoms with van der Waals surface area (Å²) in [5.74, 6) is -1.19. The van der Waals surface area contributed by atoms with Crippen LogP contribution in [0.15, 0.2) is 89.4 Å². The van der Waals surface area contributed by atoms with E-state index in [9.17, 15) is 19.2 Å². The molecule has 3 aromatic carbocycles. The second kappa shape index (κ2) is 19.5. The van der Waals surface area contributed by atoms with E-state index in [0.717, 1.165) is 24.0 Å². The summed E-state index contributed by atoms with van der Waals surface area (Å²) >= 11 is 6.02. The lowest BCUT2D eigenvalue weighted by Crippen LogP contribution is -2.55. The van der Waals surface area contributed by atoms with Gasteiger partial charge in [0.05, 0.1) is 25.4 Å². The number of nitrogens with two attached hydrogens (primary N) is 1. The lowest BCUT2D eigenvalue weighted by molar-refractivity contribution is -0.140. The van der Waals surface area contributed by atoms with E-state index in [2.05, 4.69) is 15.6 Å². The molecule has 13 heteroatoms. The molecule has 2 heterocycles. The number of aryl methyl sites for hydroxylation is 1. The number of hydrogen-bond acceptors (Lipinski definition) is 9. The summed E-state index contributed by atoms with van der Waals surface area (Å²) in [5, 5.41) is 6.35. The fraction of sp³-hybridized carbons (Fsp3) is 0.405. The fourth-order valence-corrected chi connectivity index (χ4v) is 6.72. The summed E-state index contributed by atoms with van der Waals surface area (Å²) in [6, 6.07) is 21.1. The number of fused-ring (bicyclic) bond motifs is 1. The van der Waals surface area contributed by atoms with E-state index in [-0.39, 0.29) is 31.9 Å². The first-order chi connectivity index (χ1) is 26.8. The molecule has 0 radical (unpaired) electrons. The summed E-state index contributed by atoms with van der Waals surface area (Å²) in [6.45, 7) is 1.04. The zero-order valence-corrected chi connectivity index (χ0v) is 31.5. The number of para-hydroxylation sites is 2. The number of amides is 3. The summed E-state index contributed by atoms with van der Waals surface area (Å²) in [4.78, 5) is 61.4. The van der Waals surface area contributed by atoms with E-state index in [0.29, 0.717) is 60.9 Å². The van der Waals surface area contributed by atoms with Crippen LogP contribution in [0.25, 0.3) is 17.2 Å². The van der Waals surface area contributed by atoms with E-state index >= 15 is 0 Å². The number of ether oxygens (including phenoxy) is 2. The molecule has 4 aromatic rings. The van der Waals surface area contributed by atoms with E-state index in [4.69, 9.17) is 31.2 Å². The van der Waals surface area contributed by atoms with Crippen molar-refractivity contribution in [2.45, 2.75) is 75.6 Å². The molecule has 4 atom stereocenters. The second-order valence-electron chi connectivity index (χ2n) is 14.1. The summed E-state index contributed by atoms with van der Waals surface area (Å²) in [7, 11) is 0. The molecule has 1 aliphatic carbocycles. The van der Waals surface area contributed by atoms with E-state index in [1.165, 1.54) is 4.90 Å². The molecule has 6 rings (SSSR count). The molecule has 0 spiro atoms. The largest absolute Gasteiger partial charge is 0.449 e. The van der Waals surface area contributed by atoms with Gasteiger partial charge in [0, 0.05) is 18.0 Å². The molecule has 3 amide bonds. The lowest BCUT2D eigenvalue weighted by atomic mass is 10.0. The number of halogens is 1. The summed E-state index contributed by atoms with van der Waals surface area (Å²) < 4.78 is 17.4. The quantitative estimate of drug-likeness (QED) is 0.0753. The van der Waals surface area contributed by atoms with Crippen LogP contribution in [0.2, 0.25) is 5.02 Å². The number of carbonyl (C=O) groups excluding carboxylic acids is 4. The van der Waals surface area contributed by atoms with Gasteiger partial charge in [-0.05, 0) is 92.8 Å². The number of Topliss-reactive ketones (excluding diaryl/α,β-unsaturated/α-hetero) is 1. The second-order valence-corrected chi connectivity index (χ2v) is 14.5. The van der Waals surface area contributed by atoms with Gasteiger partial charge in [0.1, 0.15) is 17.6 Å². The van der Waals surface area contributed by atoms with Crippen molar-refractivity contribution in [1.82, 2.24) is 20.5 Å². The van der Waals surface area contributed by atoms with Gasteiger partial charge in [-0.25, -0.2) is 9.78 Å². The zero-order valence-electron chi connectivity index (χ0n) is 30.7. The third-order valence-electron chi connectivity index (χ3n) is 9.84. The Morgan fingerprint density at radius 1 is 0.945 bits per heavy atom. The van der Waals surface area contributed by atoms with E-state index in [1.807, 2.05) is 54.6 Å². The topological polar surface area (TPSA) is 166 Å². The van der Waals surface area contributed by atoms with Crippen molar-refractivity contribution in [3.05, 3.63) is 107 Å². The number of ketones is 1. The van der Waals surface area contributed by atoms with Crippen molar-refractivity contribution in [3.8, 4) is 0 Å². The Labute approximate surface area is 325 Å². The van der Waals surface area contributed by atoms with Crippen LogP contribution < -0.4 is 16.4 Å². The van der Waals surface area contributed by atoms with Crippen molar-refractivity contribution < 1.29 is 33.1 Å². The minimum atomic E-state index is -0.991. The molecule has 12 nitrogen and oxygen atoms in total. The Hall–Kier alpha value is -5.04. The molecule has 0 bridgehead atoms. The molecule has 2 aliphatic rings. The molecule has 55 heavy (non-hydrogen) atoms. The number of nitrogens with zero attached hydrogens (tertiary/aromatic N) is 2. The van der Waals surface area contributed by atoms with Crippen molar-refractivity contribution in [2.75, 3.05) is 26.3 Å². The first-order valence-corrected chi connectivity index (χ1v) is 19.4. The number of alkyl carbamates (subject to hydrolysis) is 1. The maximum Gasteiger partial charge on any atom is 0.407 e. The highest BCUT2D eigenvalue weighted by Crippen LogP contribution is 2.29. The van der Waals surface area contributed by atoms with Crippen LogP contribution in [0.3, 0.4) is 0 Å². The van der Waals surface area contributed by atoms with Gasteiger partial charge in [-0.1, -0.05) is 78.4 Å². The average Bonchev–Trinajstić information content (AvgIpc) is 3.77. The number of carbonyl (C=O) groups is 4. The molecule has 1 aromatic heterocycles. The highest BCUT2D eigenvalue weighted by molar-refractivity contribution is 6.30. The smallest absolute Gasteiger partial charge is 0.407 e. The minimum Gasteiger partial charge on any atom is -0.449 e. The predicted octanol–water partition coefficient (Wildman–Crippen LogP) is 6.11. The number of benzene rings is 3. The van der Waals surface area contributed by atoms with Crippen molar-refractivity contribution >= 4 is 52.5 Å². The average molecular weight is 770 g/mol. The number of unbranched alkanes of at least 4 members (excludes halogenated alkanes) is 1. The monoisotopic (exact) mass is 769 g/mol. The fourth-order valence-electron chi connectivity index (χ4n) is 6.59. The van der Waals surface area contributed by atoms with Gasteiger partial charge in [-0.2, -0.15) is 0 Å². The Morgan fingerprint density at radius 2 is 1.71 bits per heavy atom. The van der Waals surface area contributed by atoms with E-state index in [1.54, 1.807) is 36.4 Å². The van der Waals surface area contributed by atoms with Crippen LogP contribution in [0.1, 0.15) is 66.8 Å². The maximum absolute atomic E-state index is 14.5. The van der Waals surface area contributed by atoms with Crippen LogP contribution in [0.5, 0.6) is 0 Å². The first kappa shape index (κ1) is 39.6. The van der Waals surface area contributed by atoms with Gasteiger partial charge in [-0.3, -0.25) is 14.4 Å². The number of likely N-dealkylation sites (tertiary alicyclic amines) is 1. The highest BCUT2D eigenvalue weighted by atomic mass is 35.5. The van der Waals surface area contributed by atoms with Gasteiger partial charge >= 0.3 is 6.09 Å². The third-order valence-corrected chi connectivity index (χ3v) is 10.1. The minimum absolute atomic E-state index is 0.100. The molecule has 1 saturated heterocycles. The van der Waals surface area contributed by atoms with Crippen molar-refractivity contribution in [2.24, 2.45) is 11.7 Å². The Kier molecular flexibility index (Phi) is 14.1. The lowest BCUT2D eigenvalue weighted by Gasteiger charge is -2.29. The number of rotatable bonds is 19. The molecular weight excluding hydrogens is 722 g/mol. The van der Waals surface area contributed by atoms with Gasteiger partial charge in [-0.15, -0.1) is 0 Å². The number of nitrogens with one attached hydrogen (secondary N) is 2. The van der Waals surface area contributed by atoms with Gasteiger partial charge in [0.15, 0.2) is 5.58 Å². The van der Waals surface area contributed by atoms with Crippen LogP contribution in [-0.4, -0.2) is 84.1 Å². The first-order valence-electron chi connectivity index (χ1n) is 19.0. The highest BCUT2D eigenvalue weighted by Gasteiger charge is 2.43. The standard InChI is InChI=1S/C42H48ClN5O7/c43-31-20-17-29(18-21-31)11-8-24-53-32-25-36(39(50)45-34(13-6-7-23-44)38(49)40-46-33-12-4-5-14-37(33)55-40)48(26-32)41(51)35(22-19-28-9-2-1-3-10-28)47-42(52)54-27-30-15-16-30/h1-5,8-12,14,17-18,20-21,30,32,34-36H,6-7,13,15-16,19,22-27,44H2,(H,45,50)(H,47,52)/b11-8+/t32-,34?,35?,36?/m1/s1. The van der Waals surface area contributed by atoms with Crippen LogP contribution in [-0.2, 0) is 25.5 Å². The zero-order chi connectivity index (χ0) is 38.6. The SMILES string of the molecule is NCCCCC(NC(=O)C1C[C@@H](OC/C=C/c2ccc(Cl)cc2)CN1C(=O)C(CCc1ccccc1)NC(=O)OCC1CC1)C(=O)c1nc2ccccc2o1. The molecule has 1 saturated carbocycles. The Bertz CT molecular complexity index is 1900. The Morgan fingerprint density at radius 3 is 2.45 bits per heavy atom. The number of hydrogen-bond donors (Lipinski definition) is 3. The van der Waals surface area contributed by atoms with Crippen molar-refractivity contribution in [3.63, 3.8) is 0 Å². The van der Waals surface area contributed by atoms with Crippen LogP contribution in [0, 0.1) is 5.92 Å². The molecule has 290 valence electrons. The van der Waals surface area contributed by atoms with Gasteiger partial charge in [0.2, 0.25) is 17.6 Å². The normalized spacial score (nSPS) is 18.0. The molecule has 2 fully saturated rings. The molecule has 3 unspecified atom stereocenters. The van der Waals surface area contributed by atoms with Crippen molar-refractivity contribution in [1.29, 1.82) is 0 Å². The Balaban J connectivity index is 1.21. The number of aromatic nitrogens is 1. The molecule has 4 N–H and O–H groups in total. The third kappa shape index (κ3) is 11.5. The maximum atomic E-state index is 14.5. The van der Waals surface area contributed by atoms with Crippen LogP contribution >= 0.6 is 11.6 Å². The number of oxazole rings is 1. The van der Waals surface area contributed by atoms with Gasteiger partial charge in [0.25, 0.3) is 5.89 Å². The summed E-state index contributed by atoms with van der Waals surface area (Å²) in [6.07, 6.45) is 7.06. The summed E-state index contributed by atoms with van der Waals surface area (Å²) in [5.41, 5.74) is 8.69. The van der Waals surface area contributed by atoms with E-state index < -0.39 is 47.9 Å². The molecular formula is C42H48ClN5O7. The molecule has 1 aliphatic heterocycles. The van der Waals surface area contributed by atoms with Crippen LogP contribution in [0.4, 0.5) is 4.79 Å².